The number of fused-ring (bicyclic) bond motifs is 5. The van der Waals surface area contributed by atoms with Crippen LogP contribution in [0.5, 0.6) is 11.5 Å². The number of rotatable bonds is 2. The van der Waals surface area contributed by atoms with Crippen LogP contribution in [0.2, 0.25) is 0 Å². The molecule has 0 unspecified atom stereocenters. The van der Waals surface area contributed by atoms with E-state index in [1.807, 2.05) is 16.7 Å². The molecule has 0 spiro atoms. The van der Waals surface area contributed by atoms with Gasteiger partial charge < -0.3 is 18.8 Å². The summed E-state index contributed by atoms with van der Waals surface area (Å²) in [6.07, 6.45) is 0.362. The Labute approximate surface area is 138 Å². The van der Waals surface area contributed by atoms with E-state index >= 15 is 0 Å². The third kappa shape index (κ3) is 1.89. The van der Waals surface area contributed by atoms with Gasteiger partial charge in [-0.15, -0.1) is 0 Å². The number of esters is 1. The number of pyridine rings is 1. The van der Waals surface area contributed by atoms with Gasteiger partial charge in [-0.25, -0.2) is 4.79 Å². The Kier molecular flexibility index (Phi) is 3.16. The van der Waals surface area contributed by atoms with E-state index in [-0.39, 0.29) is 11.0 Å². The second kappa shape index (κ2) is 5.12. The number of hydrogen-bond acceptors (Lipinski definition) is 5. The summed E-state index contributed by atoms with van der Waals surface area (Å²) in [6, 6.07) is 5.34. The van der Waals surface area contributed by atoms with Crippen LogP contribution >= 0.6 is 0 Å². The molecule has 4 rings (SSSR count). The molecule has 3 heterocycles. The van der Waals surface area contributed by atoms with Crippen molar-refractivity contribution in [3.63, 3.8) is 0 Å². The number of carbonyl (C=O) groups excluding carboxylic acids is 1. The van der Waals surface area contributed by atoms with E-state index < -0.39 is 12.1 Å². The molecule has 0 saturated heterocycles. The smallest absolute Gasteiger partial charge is 0.344 e. The van der Waals surface area contributed by atoms with Gasteiger partial charge in [-0.05, 0) is 31.0 Å². The van der Waals surface area contributed by atoms with Crippen molar-refractivity contribution in [3.8, 4) is 22.8 Å². The first-order valence-corrected chi connectivity index (χ1v) is 7.79. The largest absolute Gasteiger partial charge is 0.493 e. The van der Waals surface area contributed by atoms with Gasteiger partial charge in [0, 0.05) is 18.2 Å². The third-order valence-corrected chi connectivity index (χ3v) is 4.72. The Bertz CT molecular complexity index is 928. The van der Waals surface area contributed by atoms with E-state index in [0.717, 1.165) is 23.2 Å². The lowest BCUT2D eigenvalue weighted by molar-refractivity contribution is 0.0413. The zero-order valence-corrected chi connectivity index (χ0v) is 13.7. The molecule has 0 saturated carbocycles. The molecule has 0 fully saturated rings. The van der Waals surface area contributed by atoms with Crippen molar-refractivity contribution in [1.29, 1.82) is 0 Å². The van der Waals surface area contributed by atoms with E-state index in [0.29, 0.717) is 23.7 Å². The molecule has 6 nitrogen and oxygen atoms in total. The molecule has 2 aromatic rings. The van der Waals surface area contributed by atoms with E-state index in [9.17, 15) is 9.59 Å². The number of carbonyl (C=O) groups is 1. The maximum absolute atomic E-state index is 12.5. The molecular weight excluding hydrogens is 310 g/mol. The van der Waals surface area contributed by atoms with Gasteiger partial charge >= 0.3 is 5.97 Å². The van der Waals surface area contributed by atoms with Crippen LogP contribution < -0.4 is 14.9 Å². The summed E-state index contributed by atoms with van der Waals surface area (Å²) in [6.45, 7) is 2.47. The highest BCUT2D eigenvalue weighted by Crippen LogP contribution is 2.40. The lowest BCUT2D eigenvalue weighted by atomic mass is 9.94. The highest BCUT2D eigenvalue weighted by molar-refractivity contribution is 5.94. The minimum Gasteiger partial charge on any atom is -0.493 e. The van der Waals surface area contributed by atoms with Crippen LogP contribution in [0.25, 0.3) is 11.3 Å². The molecule has 1 aromatic heterocycles. The first-order valence-electron chi connectivity index (χ1n) is 7.79. The van der Waals surface area contributed by atoms with Gasteiger partial charge in [-0.3, -0.25) is 4.79 Å². The van der Waals surface area contributed by atoms with Crippen LogP contribution in [0.15, 0.2) is 23.0 Å². The summed E-state index contributed by atoms with van der Waals surface area (Å²) in [5, 5.41) is 0. The van der Waals surface area contributed by atoms with E-state index in [1.54, 1.807) is 21.1 Å². The number of cyclic esters (lactones) is 1. The second-order valence-electron chi connectivity index (χ2n) is 5.97. The molecule has 124 valence electrons. The second-order valence-corrected chi connectivity index (χ2v) is 5.97. The van der Waals surface area contributed by atoms with Gasteiger partial charge in [0.2, 0.25) is 0 Å². The number of nitrogens with zero attached hydrogens (tertiary/aromatic N) is 1. The van der Waals surface area contributed by atoms with Crippen molar-refractivity contribution in [1.82, 2.24) is 4.57 Å². The maximum atomic E-state index is 12.5. The third-order valence-electron chi connectivity index (χ3n) is 4.72. The lowest BCUT2D eigenvalue weighted by Gasteiger charge is -2.26. The van der Waals surface area contributed by atoms with Crippen LogP contribution in [-0.4, -0.2) is 24.8 Å². The Balaban J connectivity index is 2.01. The quantitative estimate of drug-likeness (QED) is 0.792. The molecule has 0 aliphatic carbocycles. The molecule has 0 amide bonds. The molecular formula is C18H17NO5. The fourth-order valence-electron chi connectivity index (χ4n) is 3.63. The van der Waals surface area contributed by atoms with Crippen molar-refractivity contribution in [2.45, 2.75) is 26.0 Å². The highest BCUT2D eigenvalue weighted by atomic mass is 16.5. The minimum absolute atomic E-state index is 0.162. The summed E-state index contributed by atoms with van der Waals surface area (Å²) in [5.41, 5.74) is 3.33. The zero-order chi connectivity index (χ0) is 17.0. The monoisotopic (exact) mass is 327 g/mol. The van der Waals surface area contributed by atoms with Crippen molar-refractivity contribution in [3.05, 3.63) is 45.2 Å². The van der Waals surface area contributed by atoms with Crippen molar-refractivity contribution >= 4 is 5.97 Å². The van der Waals surface area contributed by atoms with Crippen LogP contribution in [0.4, 0.5) is 0 Å². The number of hydrogen-bond donors (Lipinski definition) is 0. The summed E-state index contributed by atoms with van der Waals surface area (Å²) < 4.78 is 18.0. The molecule has 0 bridgehead atoms. The molecule has 1 atom stereocenters. The Hall–Kier alpha value is -2.76. The summed E-state index contributed by atoms with van der Waals surface area (Å²) in [7, 11) is 3.18. The summed E-state index contributed by atoms with van der Waals surface area (Å²) >= 11 is 0. The predicted octanol–water partition coefficient (Wildman–Crippen LogP) is 2.32. The number of aryl methyl sites for hydroxylation is 1. The fraction of sp³-hybridized carbons (Fsp3) is 0.333. The fourth-order valence-corrected chi connectivity index (χ4v) is 3.63. The van der Waals surface area contributed by atoms with E-state index in [4.69, 9.17) is 14.2 Å². The predicted molar refractivity (Wildman–Crippen MR) is 86.8 cm³/mol. The van der Waals surface area contributed by atoms with Crippen LogP contribution in [0.3, 0.4) is 0 Å². The average molecular weight is 327 g/mol. The SMILES string of the molecule is COc1cc2c(cc1OC)-c1cc(=O)c3c(n1CC2)[C@@H](C)OC3=O. The highest BCUT2D eigenvalue weighted by Gasteiger charge is 2.35. The van der Waals surface area contributed by atoms with Gasteiger partial charge in [0.1, 0.15) is 11.7 Å². The summed E-state index contributed by atoms with van der Waals surface area (Å²) in [5.74, 6) is 0.744. The first kappa shape index (κ1) is 14.8. The Morgan fingerprint density at radius 1 is 1.12 bits per heavy atom. The van der Waals surface area contributed by atoms with Crippen LogP contribution in [-0.2, 0) is 17.7 Å². The van der Waals surface area contributed by atoms with Crippen molar-refractivity contribution < 1.29 is 19.0 Å². The zero-order valence-electron chi connectivity index (χ0n) is 13.7. The number of methoxy groups -OCH3 is 2. The van der Waals surface area contributed by atoms with Crippen LogP contribution in [0.1, 0.15) is 34.6 Å². The van der Waals surface area contributed by atoms with Gasteiger partial charge in [0.05, 0.1) is 25.6 Å². The van der Waals surface area contributed by atoms with Gasteiger partial charge in [0.15, 0.2) is 16.9 Å². The Morgan fingerprint density at radius 3 is 2.54 bits per heavy atom. The van der Waals surface area contributed by atoms with Crippen LogP contribution in [0, 0.1) is 0 Å². The average Bonchev–Trinajstić information content (AvgIpc) is 2.89. The molecule has 6 heteroatoms. The van der Waals surface area contributed by atoms with Gasteiger partial charge in [-0.1, -0.05) is 0 Å². The van der Waals surface area contributed by atoms with Crippen molar-refractivity contribution in [2.75, 3.05) is 14.2 Å². The number of benzene rings is 1. The molecule has 0 N–H and O–H groups in total. The topological polar surface area (TPSA) is 66.8 Å². The number of ether oxygens (including phenoxy) is 3. The Morgan fingerprint density at radius 2 is 1.83 bits per heavy atom. The normalized spacial score (nSPS) is 17.6. The van der Waals surface area contributed by atoms with Crippen molar-refractivity contribution in [2.24, 2.45) is 0 Å². The first-order chi connectivity index (χ1) is 11.5. The minimum atomic E-state index is -0.532. The lowest BCUT2D eigenvalue weighted by Crippen LogP contribution is -2.23. The molecule has 2 aliphatic heterocycles. The summed E-state index contributed by atoms with van der Waals surface area (Å²) in [4.78, 5) is 24.4. The molecule has 2 aliphatic rings. The standard InChI is InChI=1S/C18H17NO5/c1-9-17-16(18(21)24-9)13(20)8-12-11-7-15(23-3)14(22-2)6-10(11)4-5-19(12)17/h6-9H,4-5H2,1-3H3/t9-/m1/s1. The van der Waals surface area contributed by atoms with Gasteiger partial charge in [-0.2, -0.15) is 0 Å². The van der Waals surface area contributed by atoms with E-state index in [1.165, 1.54) is 6.07 Å². The van der Waals surface area contributed by atoms with E-state index in [2.05, 4.69) is 0 Å². The molecule has 0 radical (unpaired) electrons. The molecule has 24 heavy (non-hydrogen) atoms. The maximum Gasteiger partial charge on any atom is 0.344 e. The number of aromatic nitrogens is 1. The molecule has 1 aromatic carbocycles. The van der Waals surface area contributed by atoms with Gasteiger partial charge in [0.25, 0.3) is 0 Å².